The van der Waals surface area contributed by atoms with E-state index >= 15 is 0 Å². The number of halogens is 1. The second-order valence-electron chi connectivity index (χ2n) is 7.51. The first-order valence-electron chi connectivity index (χ1n) is 9.41. The van der Waals surface area contributed by atoms with Gasteiger partial charge in [-0.2, -0.15) is 0 Å². The first-order valence-corrected chi connectivity index (χ1v) is 9.41. The summed E-state index contributed by atoms with van der Waals surface area (Å²) in [6, 6.07) is 6.22. The van der Waals surface area contributed by atoms with E-state index < -0.39 is 5.91 Å². The molecule has 1 fully saturated rings. The number of benzene rings is 1. The average molecular weight is 386 g/mol. The molecule has 28 heavy (non-hydrogen) atoms. The first-order chi connectivity index (χ1) is 13.3. The summed E-state index contributed by atoms with van der Waals surface area (Å²) in [5, 5.41) is 3.33. The molecule has 3 rings (SSSR count). The Morgan fingerprint density at radius 2 is 1.96 bits per heavy atom. The predicted octanol–water partition coefficient (Wildman–Crippen LogP) is 1.33. The molecule has 3 atom stereocenters. The van der Waals surface area contributed by atoms with Crippen LogP contribution in [0.1, 0.15) is 19.3 Å². The van der Waals surface area contributed by atoms with Crippen LogP contribution in [0.4, 0.5) is 10.1 Å². The Morgan fingerprint density at radius 1 is 1.29 bits per heavy atom. The smallest absolute Gasteiger partial charge is 0.253 e. The Morgan fingerprint density at radius 3 is 2.54 bits per heavy atom. The molecule has 1 aromatic rings. The molecule has 0 aromatic heterocycles. The molecule has 1 amide bonds. The second kappa shape index (κ2) is 8.52. The fraction of sp³-hybridized carbons (Fsp3) is 0.450. The van der Waals surface area contributed by atoms with E-state index in [2.05, 4.69) is 34.3 Å². The number of carbonyl (C=O) groups is 1. The van der Waals surface area contributed by atoms with E-state index in [1.54, 1.807) is 6.20 Å². The molecule has 1 heterocycles. The van der Waals surface area contributed by atoms with Crippen LogP contribution in [-0.2, 0) is 4.79 Å². The summed E-state index contributed by atoms with van der Waals surface area (Å²) in [6.07, 6.45) is 4.61. The Kier molecular flexibility index (Phi) is 6.08. The highest BCUT2D eigenvalue weighted by molar-refractivity contribution is 6.20. The van der Waals surface area contributed by atoms with E-state index in [1.807, 2.05) is 0 Å². The van der Waals surface area contributed by atoms with Crippen LogP contribution in [-0.4, -0.2) is 55.1 Å². The number of amides is 1. The van der Waals surface area contributed by atoms with E-state index in [0.29, 0.717) is 17.6 Å². The normalized spacial score (nSPS) is 25.4. The van der Waals surface area contributed by atoms with Crippen molar-refractivity contribution in [2.24, 2.45) is 27.4 Å². The SMILES string of the molecule is CN(C)[C@H]1CC[C@H](N/C=C(/C(N)=O)C(N)=Nc2ccc(F)cc2)[C@@H](C2=NC2)C1. The van der Waals surface area contributed by atoms with Gasteiger partial charge in [-0.3, -0.25) is 9.79 Å². The molecule has 0 saturated heterocycles. The van der Waals surface area contributed by atoms with Gasteiger partial charge in [-0.05, 0) is 57.6 Å². The molecule has 8 heteroatoms. The highest BCUT2D eigenvalue weighted by Crippen LogP contribution is 2.31. The van der Waals surface area contributed by atoms with Gasteiger partial charge in [-0.1, -0.05) is 0 Å². The maximum atomic E-state index is 13.0. The summed E-state index contributed by atoms with van der Waals surface area (Å²) in [5.74, 6) is -0.707. The van der Waals surface area contributed by atoms with Gasteiger partial charge in [0.1, 0.15) is 11.7 Å². The van der Waals surface area contributed by atoms with Crippen LogP contribution >= 0.6 is 0 Å². The van der Waals surface area contributed by atoms with Gasteiger partial charge < -0.3 is 21.7 Å². The number of amidine groups is 1. The molecular formula is C20H27FN6O. The third-order valence-electron chi connectivity index (χ3n) is 5.38. The topological polar surface area (TPSA) is 109 Å². The van der Waals surface area contributed by atoms with Crippen LogP contribution in [0, 0.1) is 11.7 Å². The highest BCUT2D eigenvalue weighted by atomic mass is 19.1. The summed E-state index contributed by atoms with van der Waals surface area (Å²) < 4.78 is 13.0. The lowest BCUT2D eigenvalue weighted by Crippen LogP contribution is -2.46. The number of hydrogen-bond acceptors (Lipinski definition) is 5. The number of nitrogens with zero attached hydrogens (tertiary/aromatic N) is 3. The number of primary amides is 1. The third-order valence-corrected chi connectivity index (χ3v) is 5.38. The van der Waals surface area contributed by atoms with Gasteiger partial charge in [0.2, 0.25) is 0 Å². The van der Waals surface area contributed by atoms with Crippen molar-refractivity contribution < 1.29 is 9.18 Å². The van der Waals surface area contributed by atoms with Crippen molar-refractivity contribution in [1.82, 2.24) is 10.2 Å². The zero-order chi connectivity index (χ0) is 20.3. The van der Waals surface area contributed by atoms with Crippen molar-refractivity contribution in [2.75, 3.05) is 20.6 Å². The van der Waals surface area contributed by atoms with Gasteiger partial charge in [0.05, 0.1) is 17.8 Å². The van der Waals surface area contributed by atoms with Crippen LogP contribution in [0.15, 0.2) is 46.0 Å². The number of aliphatic imine (C=N–C) groups is 2. The third kappa shape index (κ3) is 4.95. The van der Waals surface area contributed by atoms with E-state index in [9.17, 15) is 9.18 Å². The predicted molar refractivity (Wildman–Crippen MR) is 109 cm³/mol. The number of nitrogens with two attached hydrogens (primary N) is 2. The summed E-state index contributed by atoms with van der Waals surface area (Å²) in [4.78, 5) is 22.7. The maximum Gasteiger partial charge on any atom is 0.253 e. The Hall–Kier alpha value is -2.74. The Balaban J connectivity index is 1.74. The molecule has 7 nitrogen and oxygen atoms in total. The van der Waals surface area contributed by atoms with E-state index in [4.69, 9.17) is 11.5 Å². The van der Waals surface area contributed by atoms with Crippen molar-refractivity contribution in [3.05, 3.63) is 41.9 Å². The molecule has 1 aliphatic heterocycles. The molecule has 2 aliphatic rings. The van der Waals surface area contributed by atoms with Crippen molar-refractivity contribution in [3.8, 4) is 0 Å². The monoisotopic (exact) mass is 386 g/mol. The summed E-state index contributed by atoms with van der Waals surface area (Å²) in [6.45, 7) is 0.823. The van der Waals surface area contributed by atoms with Gasteiger partial charge >= 0.3 is 0 Å². The van der Waals surface area contributed by atoms with Crippen LogP contribution < -0.4 is 16.8 Å². The fourth-order valence-corrected chi connectivity index (χ4v) is 3.64. The maximum absolute atomic E-state index is 13.0. The van der Waals surface area contributed by atoms with Gasteiger partial charge in [-0.15, -0.1) is 0 Å². The van der Waals surface area contributed by atoms with Crippen molar-refractivity contribution in [2.45, 2.75) is 31.3 Å². The zero-order valence-electron chi connectivity index (χ0n) is 16.2. The fourth-order valence-electron chi connectivity index (χ4n) is 3.64. The lowest BCUT2D eigenvalue weighted by Gasteiger charge is -2.37. The minimum Gasteiger partial charge on any atom is -0.387 e. The number of carbonyl (C=O) groups excluding carboxylic acids is 1. The highest BCUT2D eigenvalue weighted by Gasteiger charge is 2.37. The molecule has 1 aliphatic carbocycles. The standard InChI is InChI=1S/C20H27FN6O/c1-27(2)14-7-8-17(15(9-14)18-11-25-18)24-10-16(20(23)28)19(22)26-13-5-3-12(21)4-6-13/h3-6,10,14-15,17,24H,7-9,11H2,1-2H3,(H2,22,26)(H2,23,28)/b16-10+/t14-,15-,17-/m0/s1. The van der Waals surface area contributed by atoms with Gasteiger partial charge in [-0.25, -0.2) is 9.38 Å². The molecule has 1 aromatic carbocycles. The zero-order valence-corrected chi connectivity index (χ0v) is 16.2. The van der Waals surface area contributed by atoms with Gasteiger partial charge in [0, 0.05) is 29.9 Å². The quantitative estimate of drug-likeness (QED) is 0.373. The molecule has 0 unspecified atom stereocenters. The van der Waals surface area contributed by atoms with Crippen LogP contribution in [0.2, 0.25) is 0 Å². The van der Waals surface area contributed by atoms with Crippen LogP contribution in [0.25, 0.3) is 0 Å². The molecule has 0 radical (unpaired) electrons. The van der Waals surface area contributed by atoms with Crippen LogP contribution in [0.3, 0.4) is 0 Å². The first kappa shape index (κ1) is 20.0. The second-order valence-corrected chi connectivity index (χ2v) is 7.51. The minimum atomic E-state index is -0.668. The Bertz CT molecular complexity index is 814. The summed E-state index contributed by atoms with van der Waals surface area (Å²) >= 11 is 0. The van der Waals surface area contributed by atoms with E-state index in [1.165, 1.54) is 30.0 Å². The van der Waals surface area contributed by atoms with Crippen molar-refractivity contribution in [3.63, 3.8) is 0 Å². The van der Waals surface area contributed by atoms with E-state index in [-0.39, 0.29) is 23.3 Å². The van der Waals surface area contributed by atoms with Gasteiger partial charge in [0.15, 0.2) is 0 Å². The molecule has 5 N–H and O–H groups in total. The number of nitrogens with one attached hydrogen (secondary N) is 1. The Labute approximate surface area is 164 Å². The van der Waals surface area contributed by atoms with Crippen molar-refractivity contribution >= 4 is 23.1 Å². The molecule has 1 saturated carbocycles. The lowest BCUT2D eigenvalue weighted by molar-refractivity contribution is -0.114. The van der Waals surface area contributed by atoms with Crippen molar-refractivity contribution in [1.29, 1.82) is 0 Å². The molecule has 150 valence electrons. The minimum absolute atomic E-state index is 0.00565. The lowest BCUT2D eigenvalue weighted by atomic mass is 9.79. The molecular weight excluding hydrogens is 359 g/mol. The molecule has 0 bridgehead atoms. The van der Waals surface area contributed by atoms with Gasteiger partial charge in [0.25, 0.3) is 5.91 Å². The summed E-state index contributed by atoms with van der Waals surface area (Å²) in [5.41, 5.74) is 13.3. The van der Waals surface area contributed by atoms with Crippen LogP contribution in [0.5, 0.6) is 0 Å². The number of hydrogen-bond donors (Lipinski definition) is 3. The number of rotatable bonds is 7. The average Bonchev–Trinajstić information content (AvgIpc) is 3.48. The molecule has 0 spiro atoms. The summed E-state index contributed by atoms with van der Waals surface area (Å²) in [7, 11) is 4.20. The largest absolute Gasteiger partial charge is 0.387 e. The van der Waals surface area contributed by atoms with E-state index in [0.717, 1.165) is 25.8 Å².